The number of carbonyl (C=O) groups is 2. The molecule has 5 rings (SSSR count). The van der Waals surface area contributed by atoms with Gasteiger partial charge in [0.05, 0.1) is 31.4 Å². The van der Waals surface area contributed by atoms with Gasteiger partial charge in [0.1, 0.15) is 11.5 Å². The van der Waals surface area contributed by atoms with Gasteiger partial charge in [0.15, 0.2) is 0 Å². The predicted molar refractivity (Wildman–Crippen MR) is 141 cm³/mol. The molecule has 2 aliphatic heterocycles. The fraction of sp³-hybridized carbons (Fsp3) is 0.607. The van der Waals surface area contributed by atoms with Crippen LogP contribution in [0.3, 0.4) is 0 Å². The van der Waals surface area contributed by atoms with E-state index in [-0.39, 0.29) is 24.3 Å². The lowest BCUT2D eigenvalue weighted by Gasteiger charge is -2.49. The number of hydrogen-bond donors (Lipinski definition) is 3. The molecule has 1 saturated carbocycles. The maximum atomic E-state index is 14.0. The minimum atomic E-state index is -1.06. The molecule has 1 aromatic carbocycles. The summed E-state index contributed by atoms with van der Waals surface area (Å²) >= 11 is 0. The van der Waals surface area contributed by atoms with Crippen LogP contribution in [0.15, 0.2) is 30.5 Å². The van der Waals surface area contributed by atoms with E-state index in [1.807, 2.05) is 30.5 Å². The normalized spacial score (nSPS) is 29.7. The number of aliphatic hydroxyl groups excluding tert-OH is 2. The monoisotopic (exact) mass is 536 g/mol. The molecule has 0 bridgehead atoms. The summed E-state index contributed by atoms with van der Waals surface area (Å²) in [6, 6.07) is 7.08. The number of para-hydroxylation sites is 1. The number of hydrogen-bond acceptors (Lipinski definition) is 8. The molecular weight excluding hydrogens is 500 g/mol. The van der Waals surface area contributed by atoms with Gasteiger partial charge in [-0.2, -0.15) is 11.5 Å². The lowest BCUT2D eigenvalue weighted by Crippen LogP contribution is -2.60. The summed E-state index contributed by atoms with van der Waals surface area (Å²) < 4.78 is 6.82. The van der Waals surface area contributed by atoms with Gasteiger partial charge in [-0.15, -0.1) is 10.1 Å². The van der Waals surface area contributed by atoms with E-state index in [9.17, 15) is 14.7 Å². The number of ether oxygens (including phenoxy) is 1. The summed E-state index contributed by atoms with van der Waals surface area (Å²) in [5.41, 5.74) is 1.33. The van der Waals surface area contributed by atoms with E-state index < -0.39 is 29.4 Å². The number of nitrogens with zero attached hydrogens (tertiary/aromatic N) is 5. The number of nitrogens with one attached hydrogen (secondary N) is 1. The molecular formula is C28H36N6O5. The Balaban J connectivity index is 1.49. The molecule has 208 valence electrons. The number of amides is 1. The molecule has 11 heteroatoms. The number of aryl methyl sites for hydroxylation is 2. The van der Waals surface area contributed by atoms with Gasteiger partial charge >= 0.3 is 5.97 Å². The highest BCUT2D eigenvalue weighted by Crippen LogP contribution is 2.52. The van der Waals surface area contributed by atoms with E-state index in [0.29, 0.717) is 51.6 Å². The minimum absolute atomic E-state index is 0.0522. The third-order valence-electron chi connectivity index (χ3n) is 8.99. The van der Waals surface area contributed by atoms with Crippen molar-refractivity contribution in [2.24, 2.45) is 17.8 Å². The van der Waals surface area contributed by atoms with Crippen LogP contribution in [0.1, 0.15) is 49.8 Å². The first-order chi connectivity index (χ1) is 18.9. The summed E-state index contributed by atoms with van der Waals surface area (Å²) in [6.07, 6.45) is 5.28. The Labute approximate surface area is 227 Å². The summed E-state index contributed by atoms with van der Waals surface area (Å²) in [6.45, 7) is 9.03. The number of fused-ring (bicyclic) bond motifs is 2. The summed E-state index contributed by atoms with van der Waals surface area (Å²) in [5.74, 6) is -1.44. The average molecular weight is 537 g/mol. The molecule has 1 saturated heterocycles. The number of aromatic nitrogens is 3. The Kier molecular flexibility index (Phi) is 7.86. The molecule has 3 N–H and O–H groups in total. The molecule has 0 unspecified atom stereocenters. The second-order valence-corrected chi connectivity index (χ2v) is 11.0. The van der Waals surface area contributed by atoms with Gasteiger partial charge in [0.25, 0.3) is 0 Å². The van der Waals surface area contributed by atoms with E-state index in [4.69, 9.17) is 16.4 Å². The topological polar surface area (TPSA) is 134 Å². The van der Waals surface area contributed by atoms with Gasteiger partial charge in [-0.05, 0) is 68.4 Å². The molecule has 2 aromatic rings. The molecule has 1 aromatic heterocycles. The van der Waals surface area contributed by atoms with Crippen LogP contribution >= 0.6 is 0 Å². The Morgan fingerprint density at radius 2 is 2.13 bits per heavy atom. The molecule has 2 fully saturated rings. The van der Waals surface area contributed by atoms with Crippen molar-refractivity contribution >= 4 is 17.6 Å². The van der Waals surface area contributed by atoms with Gasteiger partial charge in [-0.3, -0.25) is 14.3 Å². The van der Waals surface area contributed by atoms with Crippen LogP contribution in [0.25, 0.3) is 4.95 Å². The molecule has 11 nitrogen and oxygen atoms in total. The van der Waals surface area contributed by atoms with Crippen LogP contribution in [-0.2, 0) is 32.7 Å². The van der Waals surface area contributed by atoms with Crippen LogP contribution in [-0.4, -0.2) is 74.5 Å². The number of piperidine rings is 1. The Morgan fingerprint density at radius 1 is 1.31 bits per heavy atom. The molecule has 0 radical (unpaired) electrons. The number of esters is 1. The molecule has 6 atom stereocenters. The SMILES string of the molecule is [C-]#[N+]N1C[C@@H]2CC[C@H](O)[C@H](C(=O)OC)[C@H]2C[C@H]1[C@@]1(CCn2cc(CCCCO)nn2)C(=O)Nc2ccccc21. The summed E-state index contributed by atoms with van der Waals surface area (Å²) in [5, 5.41) is 33.2. The Morgan fingerprint density at radius 3 is 2.90 bits per heavy atom. The molecule has 0 spiro atoms. The maximum absolute atomic E-state index is 14.0. The van der Waals surface area contributed by atoms with Gasteiger partial charge < -0.3 is 20.3 Å². The number of benzene rings is 1. The lowest BCUT2D eigenvalue weighted by molar-refractivity contribution is -0.160. The number of methoxy groups -OCH3 is 1. The van der Waals surface area contributed by atoms with E-state index in [2.05, 4.69) is 20.6 Å². The summed E-state index contributed by atoms with van der Waals surface area (Å²) in [7, 11) is 1.34. The van der Waals surface area contributed by atoms with Crippen LogP contribution in [0.5, 0.6) is 0 Å². The van der Waals surface area contributed by atoms with Gasteiger partial charge in [0.2, 0.25) is 5.91 Å². The zero-order valence-electron chi connectivity index (χ0n) is 22.2. The van der Waals surface area contributed by atoms with Crippen LogP contribution in [0.4, 0.5) is 5.69 Å². The number of anilines is 1. The van der Waals surface area contributed by atoms with Crippen LogP contribution in [0.2, 0.25) is 0 Å². The highest BCUT2D eigenvalue weighted by Gasteiger charge is 2.60. The van der Waals surface area contributed by atoms with E-state index in [1.165, 1.54) is 7.11 Å². The Bertz CT molecular complexity index is 1240. The van der Waals surface area contributed by atoms with Crippen molar-refractivity contribution < 1.29 is 24.5 Å². The van der Waals surface area contributed by atoms with Crippen molar-refractivity contribution in [2.75, 3.05) is 25.6 Å². The number of rotatable bonds is 9. The fourth-order valence-corrected chi connectivity index (χ4v) is 7.06. The standard InChI is InChI=1S/C28H36N6O5/c1-29-34-16-18-10-11-23(36)25(26(37)39-2)20(18)15-24(34)28(21-8-3-4-9-22(21)30-27(28)38)12-13-33-17-19(31-32-33)7-5-6-14-35/h3-4,8-9,17-18,20,23-25,35-36H,5-7,10-16H2,2H3,(H,30,38)/t18-,20-,23-,24-,25+,28-/m0/s1. The number of aliphatic hydroxyl groups is 2. The van der Waals surface area contributed by atoms with E-state index in [1.54, 1.807) is 9.69 Å². The van der Waals surface area contributed by atoms with E-state index in [0.717, 1.165) is 23.4 Å². The van der Waals surface area contributed by atoms with Gasteiger partial charge in [-0.1, -0.05) is 23.4 Å². The highest BCUT2D eigenvalue weighted by molar-refractivity contribution is 6.07. The molecule has 1 amide bonds. The number of carbonyl (C=O) groups excluding carboxylic acids is 2. The first-order valence-corrected chi connectivity index (χ1v) is 13.7. The van der Waals surface area contributed by atoms with Crippen LogP contribution in [0, 0.1) is 24.3 Å². The Hall–Kier alpha value is -3.49. The van der Waals surface area contributed by atoms with E-state index >= 15 is 0 Å². The van der Waals surface area contributed by atoms with Crippen molar-refractivity contribution in [1.82, 2.24) is 20.0 Å². The summed E-state index contributed by atoms with van der Waals surface area (Å²) in [4.78, 5) is 30.6. The minimum Gasteiger partial charge on any atom is -0.469 e. The zero-order valence-corrected chi connectivity index (χ0v) is 22.2. The third kappa shape index (κ3) is 4.87. The van der Waals surface area contributed by atoms with Crippen LogP contribution < -0.4 is 5.32 Å². The molecule has 1 aliphatic carbocycles. The molecule has 39 heavy (non-hydrogen) atoms. The maximum Gasteiger partial charge on any atom is 0.311 e. The first-order valence-electron chi connectivity index (χ1n) is 13.7. The van der Waals surface area contributed by atoms with Crippen molar-refractivity contribution in [3.63, 3.8) is 0 Å². The predicted octanol–water partition coefficient (Wildman–Crippen LogP) is 1.96. The lowest BCUT2D eigenvalue weighted by atomic mass is 9.60. The first kappa shape index (κ1) is 27.1. The van der Waals surface area contributed by atoms with Crippen molar-refractivity contribution in [3.8, 4) is 0 Å². The van der Waals surface area contributed by atoms with Crippen molar-refractivity contribution in [3.05, 3.63) is 53.2 Å². The quantitative estimate of drug-likeness (QED) is 0.252. The van der Waals surface area contributed by atoms with Gasteiger partial charge in [0, 0.05) is 25.0 Å². The smallest absolute Gasteiger partial charge is 0.311 e. The largest absolute Gasteiger partial charge is 0.469 e. The van der Waals surface area contributed by atoms with Gasteiger partial charge in [-0.25, -0.2) is 0 Å². The highest BCUT2D eigenvalue weighted by atomic mass is 16.5. The number of unbranched alkanes of at least 4 members (excludes halogenated alkanes) is 1. The molecule has 3 heterocycles. The second kappa shape index (κ2) is 11.3. The zero-order chi connectivity index (χ0) is 27.6. The average Bonchev–Trinajstić information content (AvgIpc) is 3.52. The van der Waals surface area contributed by atoms with Crippen molar-refractivity contribution in [1.29, 1.82) is 0 Å². The van der Waals surface area contributed by atoms with Crippen molar-refractivity contribution in [2.45, 2.75) is 69.1 Å². The molecule has 3 aliphatic rings. The fourth-order valence-electron chi connectivity index (χ4n) is 7.06. The third-order valence-corrected chi connectivity index (χ3v) is 8.99. The second-order valence-electron chi connectivity index (χ2n) is 11.0.